The Hall–Kier alpha value is -0.810. The van der Waals surface area contributed by atoms with Crippen LogP contribution < -0.4 is 5.73 Å². The third-order valence-corrected chi connectivity index (χ3v) is 2.04. The molecular weight excluding hydrogens is 222 g/mol. The highest BCUT2D eigenvalue weighted by Crippen LogP contribution is 2.35. The molecule has 1 aromatic carbocycles. The van der Waals surface area contributed by atoms with Crippen LogP contribution >= 0.6 is 11.6 Å². The van der Waals surface area contributed by atoms with Crippen molar-refractivity contribution in [3.05, 3.63) is 34.4 Å². The second-order valence-corrected chi connectivity index (χ2v) is 3.00. The Labute approximate surface area is 82.5 Å². The number of alkyl halides is 2. The lowest BCUT2D eigenvalue weighted by atomic mass is 10.1. The summed E-state index contributed by atoms with van der Waals surface area (Å²) in [5, 5.41) is -0.930. The highest BCUT2D eigenvalue weighted by molar-refractivity contribution is 6.31. The van der Waals surface area contributed by atoms with Gasteiger partial charge in [-0.3, -0.25) is 0 Å². The molecule has 0 aliphatic rings. The predicted octanol–water partition coefficient (Wildman–Crippen LogP) is 2.67. The Kier molecular flexibility index (Phi) is 3.01. The van der Waals surface area contributed by atoms with Gasteiger partial charge in [0.25, 0.3) is 5.92 Å². The van der Waals surface area contributed by atoms with Gasteiger partial charge < -0.3 is 5.73 Å². The van der Waals surface area contributed by atoms with Gasteiger partial charge in [0, 0.05) is 0 Å². The normalized spacial score (nSPS) is 11.9. The second-order valence-electron chi connectivity index (χ2n) is 2.63. The summed E-state index contributed by atoms with van der Waals surface area (Å²) in [5.41, 5.74) is 3.54. The molecule has 0 spiro atoms. The monoisotopic (exact) mass is 227 g/mol. The molecule has 0 aromatic heterocycles. The van der Waals surface area contributed by atoms with Crippen LogP contribution in [0.25, 0.3) is 0 Å². The van der Waals surface area contributed by atoms with Crippen molar-refractivity contribution in [1.29, 1.82) is 0 Å². The molecule has 0 bridgehead atoms. The van der Waals surface area contributed by atoms with E-state index in [1.165, 1.54) is 0 Å². The Balaban J connectivity index is 3.40. The topological polar surface area (TPSA) is 26.0 Å². The van der Waals surface area contributed by atoms with Gasteiger partial charge in [0.1, 0.15) is 11.6 Å². The van der Waals surface area contributed by atoms with Crippen molar-refractivity contribution >= 4 is 11.6 Å². The highest BCUT2D eigenvalue weighted by Gasteiger charge is 2.36. The SMILES string of the molecule is NCC(F)(F)c1c(F)ccc(F)c1Cl. The number of nitrogens with two attached hydrogens (primary N) is 1. The number of halogens is 5. The van der Waals surface area contributed by atoms with Crippen LogP contribution in [0.4, 0.5) is 17.6 Å². The maximum Gasteiger partial charge on any atom is 0.289 e. The molecule has 0 amide bonds. The zero-order valence-corrected chi connectivity index (χ0v) is 7.58. The summed E-state index contributed by atoms with van der Waals surface area (Å²) < 4.78 is 51.6. The average molecular weight is 228 g/mol. The molecule has 0 radical (unpaired) electrons. The number of rotatable bonds is 2. The zero-order chi connectivity index (χ0) is 10.9. The van der Waals surface area contributed by atoms with Gasteiger partial charge in [0.15, 0.2) is 0 Å². The maximum atomic E-state index is 13.0. The van der Waals surface area contributed by atoms with E-state index in [0.29, 0.717) is 12.1 Å². The fourth-order valence-corrected chi connectivity index (χ4v) is 1.26. The van der Waals surface area contributed by atoms with E-state index in [0.717, 1.165) is 0 Å². The molecule has 2 N–H and O–H groups in total. The van der Waals surface area contributed by atoms with Gasteiger partial charge in [0.05, 0.1) is 17.1 Å². The first kappa shape index (κ1) is 11.3. The summed E-state index contributed by atoms with van der Waals surface area (Å²) >= 11 is 5.21. The van der Waals surface area contributed by atoms with Crippen LogP contribution in [0.5, 0.6) is 0 Å². The van der Waals surface area contributed by atoms with Crippen molar-refractivity contribution in [3.63, 3.8) is 0 Å². The molecule has 1 nitrogen and oxygen atoms in total. The number of hydrogen-bond donors (Lipinski definition) is 1. The van der Waals surface area contributed by atoms with Crippen LogP contribution in [0, 0.1) is 11.6 Å². The maximum absolute atomic E-state index is 13.0. The van der Waals surface area contributed by atoms with Gasteiger partial charge in [-0.2, -0.15) is 8.78 Å². The number of benzene rings is 1. The lowest BCUT2D eigenvalue weighted by Gasteiger charge is -2.16. The van der Waals surface area contributed by atoms with Gasteiger partial charge in [0.2, 0.25) is 0 Å². The first-order valence-electron chi connectivity index (χ1n) is 3.62. The molecule has 0 saturated carbocycles. The van der Waals surface area contributed by atoms with Crippen LogP contribution in [0.3, 0.4) is 0 Å². The summed E-state index contributed by atoms with van der Waals surface area (Å²) in [6.45, 7) is -1.13. The summed E-state index contributed by atoms with van der Waals surface area (Å²) in [6, 6.07) is 1.26. The molecule has 0 aliphatic carbocycles. The Morgan fingerprint density at radius 3 is 2.21 bits per heavy atom. The minimum Gasteiger partial charge on any atom is -0.325 e. The smallest absolute Gasteiger partial charge is 0.289 e. The quantitative estimate of drug-likeness (QED) is 0.610. The van der Waals surface area contributed by atoms with Crippen molar-refractivity contribution < 1.29 is 17.6 Å². The van der Waals surface area contributed by atoms with E-state index >= 15 is 0 Å². The molecule has 6 heteroatoms. The van der Waals surface area contributed by atoms with E-state index in [2.05, 4.69) is 0 Å². The van der Waals surface area contributed by atoms with Crippen LogP contribution in [0.1, 0.15) is 5.56 Å². The van der Waals surface area contributed by atoms with Crippen LogP contribution in [-0.2, 0) is 5.92 Å². The minimum atomic E-state index is -3.66. The highest BCUT2D eigenvalue weighted by atomic mass is 35.5. The van der Waals surface area contributed by atoms with Gasteiger partial charge in [-0.25, -0.2) is 8.78 Å². The molecule has 1 rings (SSSR count). The van der Waals surface area contributed by atoms with Crippen molar-refractivity contribution in [2.75, 3.05) is 6.54 Å². The van der Waals surface area contributed by atoms with Gasteiger partial charge in [-0.15, -0.1) is 0 Å². The fraction of sp³-hybridized carbons (Fsp3) is 0.250. The van der Waals surface area contributed by atoms with Crippen molar-refractivity contribution in [3.8, 4) is 0 Å². The molecule has 0 fully saturated rings. The lowest BCUT2D eigenvalue weighted by Crippen LogP contribution is -2.27. The summed E-state index contributed by atoms with van der Waals surface area (Å²) in [6.07, 6.45) is 0. The molecule has 0 heterocycles. The van der Waals surface area contributed by atoms with Crippen molar-refractivity contribution in [2.24, 2.45) is 5.73 Å². The van der Waals surface area contributed by atoms with E-state index in [4.69, 9.17) is 17.3 Å². The van der Waals surface area contributed by atoms with E-state index in [1.54, 1.807) is 0 Å². The van der Waals surface area contributed by atoms with E-state index in [9.17, 15) is 17.6 Å². The Morgan fingerprint density at radius 1 is 1.21 bits per heavy atom. The van der Waals surface area contributed by atoms with Crippen LogP contribution in [0.15, 0.2) is 12.1 Å². The van der Waals surface area contributed by atoms with Gasteiger partial charge >= 0.3 is 0 Å². The first-order valence-corrected chi connectivity index (χ1v) is 4.00. The van der Waals surface area contributed by atoms with E-state index in [1.807, 2.05) is 0 Å². The standard InChI is InChI=1S/C8H6ClF4N/c9-7-5(11)2-1-4(10)6(7)8(12,13)3-14/h1-2H,3,14H2. The Morgan fingerprint density at radius 2 is 1.71 bits per heavy atom. The molecule has 78 valence electrons. The number of hydrogen-bond acceptors (Lipinski definition) is 1. The van der Waals surface area contributed by atoms with E-state index < -0.39 is 34.7 Å². The van der Waals surface area contributed by atoms with Crippen LogP contribution in [0.2, 0.25) is 5.02 Å². The Bertz CT molecular complexity index is 353. The first-order chi connectivity index (χ1) is 6.40. The van der Waals surface area contributed by atoms with Crippen molar-refractivity contribution in [1.82, 2.24) is 0 Å². The average Bonchev–Trinajstić information content (AvgIpc) is 2.12. The van der Waals surface area contributed by atoms with E-state index in [-0.39, 0.29) is 0 Å². The zero-order valence-electron chi connectivity index (χ0n) is 6.83. The van der Waals surface area contributed by atoms with Gasteiger partial charge in [-0.05, 0) is 12.1 Å². The molecule has 1 aromatic rings. The minimum absolute atomic E-state index is 0.583. The third-order valence-electron chi connectivity index (χ3n) is 1.67. The third kappa shape index (κ3) is 1.83. The molecule has 0 atom stereocenters. The molecule has 0 unspecified atom stereocenters. The fourth-order valence-electron chi connectivity index (χ4n) is 0.964. The predicted molar refractivity (Wildman–Crippen MR) is 44.3 cm³/mol. The molecule has 0 aliphatic heterocycles. The molecule has 0 saturated heterocycles. The van der Waals surface area contributed by atoms with Crippen LogP contribution in [-0.4, -0.2) is 6.54 Å². The molecule has 14 heavy (non-hydrogen) atoms. The summed E-state index contributed by atoms with van der Waals surface area (Å²) in [5.74, 6) is -6.04. The lowest BCUT2D eigenvalue weighted by molar-refractivity contribution is 0.00219. The van der Waals surface area contributed by atoms with Gasteiger partial charge in [-0.1, -0.05) is 11.6 Å². The second kappa shape index (κ2) is 3.74. The summed E-state index contributed by atoms with van der Waals surface area (Å²) in [7, 11) is 0. The molecular formula is C8H6ClF4N. The largest absolute Gasteiger partial charge is 0.325 e. The summed E-state index contributed by atoms with van der Waals surface area (Å²) in [4.78, 5) is 0. The van der Waals surface area contributed by atoms with Crippen molar-refractivity contribution in [2.45, 2.75) is 5.92 Å².